The molecule has 0 aliphatic heterocycles. The minimum Gasteiger partial charge on any atom is -0.384 e. The third-order valence-corrected chi connectivity index (χ3v) is 0.696. The Morgan fingerprint density at radius 3 is 2.10 bits per heavy atom. The smallest absolute Gasteiger partial charge is 0.221 e. The summed E-state index contributed by atoms with van der Waals surface area (Å²) in [5, 5.41) is 0. The molecule has 1 heterocycles. The number of hydrogen-bond acceptors (Lipinski definition) is 4. The van der Waals surface area contributed by atoms with Crippen LogP contribution in [0.25, 0.3) is 0 Å². The van der Waals surface area contributed by atoms with Crippen molar-refractivity contribution >= 4 is 70.9 Å². The summed E-state index contributed by atoms with van der Waals surface area (Å²) in [6, 6.07) is 1.58. The van der Waals surface area contributed by atoms with Crippen molar-refractivity contribution in [3.05, 3.63) is 12.3 Å². The second kappa shape index (κ2) is 6.39. The molecule has 0 unspecified atom stereocenters. The second-order valence-corrected chi connectivity index (χ2v) is 1.34. The third-order valence-electron chi connectivity index (χ3n) is 0.696. The molecule has 1 aromatic heterocycles. The molecule has 0 amide bonds. The Bertz CT molecular complexity index is 175. The Labute approximate surface area is 103 Å². The van der Waals surface area contributed by atoms with E-state index in [1.807, 2.05) is 0 Å². The van der Waals surface area contributed by atoms with E-state index in [1.54, 1.807) is 6.07 Å². The molecule has 0 atom stereocenters. The maximum absolute atomic E-state index is 5.23. The van der Waals surface area contributed by atoms with Gasteiger partial charge >= 0.3 is 0 Å². The van der Waals surface area contributed by atoms with Gasteiger partial charge in [-0.3, -0.25) is 0 Å². The van der Waals surface area contributed by atoms with E-state index in [2.05, 4.69) is 9.97 Å². The van der Waals surface area contributed by atoms with Crippen LogP contribution in [-0.2, 0) is 0 Å². The monoisotopic (exact) mass is 156 g/mol. The molecule has 10 heavy (non-hydrogen) atoms. The molecule has 4 N–H and O–H groups in total. The van der Waals surface area contributed by atoms with Crippen molar-refractivity contribution in [3.8, 4) is 0 Å². The quantitative estimate of drug-likeness (QED) is 0.466. The van der Waals surface area contributed by atoms with Crippen molar-refractivity contribution in [2.45, 2.75) is 0 Å². The fourth-order valence-electron chi connectivity index (χ4n) is 0.388. The Hall–Kier alpha value is 0.680. The van der Waals surface area contributed by atoms with Gasteiger partial charge in [0.15, 0.2) is 0 Å². The minimum atomic E-state index is 0. The van der Waals surface area contributed by atoms with E-state index in [1.165, 1.54) is 6.20 Å². The first-order chi connectivity index (χ1) is 3.79. The Morgan fingerprint density at radius 2 is 1.80 bits per heavy atom. The summed E-state index contributed by atoms with van der Waals surface area (Å²) >= 11 is 0. The predicted molar refractivity (Wildman–Crippen MR) is 42.4 cm³/mol. The van der Waals surface area contributed by atoms with Gasteiger partial charge in [-0.25, -0.2) is 4.98 Å². The average Bonchev–Trinajstić information content (AvgIpc) is 1.64. The van der Waals surface area contributed by atoms with Crippen LogP contribution >= 0.6 is 0 Å². The van der Waals surface area contributed by atoms with Crippen LogP contribution in [-0.4, -0.2) is 69.1 Å². The molecule has 0 fully saturated rings. The minimum absolute atomic E-state index is 0. The summed E-state index contributed by atoms with van der Waals surface area (Å²) in [6.45, 7) is 0. The first-order valence-electron chi connectivity index (χ1n) is 2.13. The molecule has 0 spiro atoms. The van der Waals surface area contributed by atoms with Gasteiger partial charge in [-0.05, 0) is 6.07 Å². The molecule has 1 aromatic rings. The van der Waals surface area contributed by atoms with E-state index >= 15 is 0 Å². The molecule has 0 saturated carbocycles. The molecule has 0 aliphatic rings. The van der Waals surface area contributed by atoms with E-state index in [0.29, 0.717) is 5.82 Å². The van der Waals surface area contributed by atoms with Gasteiger partial charge < -0.3 is 11.5 Å². The fourth-order valence-corrected chi connectivity index (χ4v) is 0.388. The topological polar surface area (TPSA) is 77.8 Å². The van der Waals surface area contributed by atoms with Crippen LogP contribution in [0.2, 0.25) is 0 Å². The molecule has 0 aromatic carbocycles. The van der Waals surface area contributed by atoms with Crippen LogP contribution in [0.3, 0.4) is 0 Å². The van der Waals surface area contributed by atoms with E-state index < -0.39 is 0 Å². The summed E-state index contributed by atoms with van der Waals surface area (Å²) in [6.07, 6.45) is 1.51. The zero-order valence-electron chi connectivity index (χ0n) is 6.20. The van der Waals surface area contributed by atoms with Gasteiger partial charge in [0, 0.05) is 65.3 Å². The number of anilines is 2. The van der Waals surface area contributed by atoms with Gasteiger partial charge in [-0.15, -0.1) is 0 Å². The number of nitrogen functional groups attached to an aromatic ring is 2. The van der Waals surface area contributed by atoms with E-state index in [9.17, 15) is 0 Å². The zero-order valence-corrected chi connectivity index (χ0v) is 10.2. The molecule has 1 rings (SSSR count). The third kappa shape index (κ3) is 4.49. The van der Waals surface area contributed by atoms with Crippen LogP contribution in [0.15, 0.2) is 12.3 Å². The van der Waals surface area contributed by atoms with Crippen molar-refractivity contribution < 1.29 is 0 Å². The maximum atomic E-state index is 5.23. The predicted octanol–water partition coefficient (Wildman–Crippen LogP) is -1.12. The van der Waals surface area contributed by atoms with Crippen molar-refractivity contribution in [2.24, 2.45) is 0 Å². The van der Waals surface area contributed by atoms with Crippen LogP contribution < -0.4 is 11.5 Å². The summed E-state index contributed by atoms with van der Waals surface area (Å²) in [4.78, 5) is 7.24. The molecule has 6 heteroatoms. The molecule has 44 valence electrons. The van der Waals surface area contributed by atoms with Gasteiger partial charge in [0.1, 0.15) is 5.82 Å². The summed E-state index contributed by atoms with van der Waals surface area (Å²) in [5.74, 6) is 0.613. The van der Waals surface area contributed by atoms with Gasteiger partial charge in [0.05, 0.1) is 0 Å². The number of hydrogen-bond donors (Lipinski definition) is 2. The molecule has 0 bridgehead atoms. The Kier molecular flexibility index (Phi) is 8.49. The van der Waals surface area contributed by atoms with Crippen LogP contribution in [0.5, 0.6) is 0 Å². The SMILES string of the molecule is Nc1ccnc(N)n1.[Na].[Na]. The normalized spacial score (nSPS) is 7.20. The fraction of sp³-hybridized carbons (Fsp3) is 0. The molecule has 0 aliphatic carbocycles. The maximum Gasteiger partial charge on any atom is 0.221 e. The van der Waals surface area contributed by atoms with Crippen molar-refractivity contribution in [1.82, 2.24) is 9.97 Å². The van der Waals surface area contributed by atoms with Gasteiger partial charge in [-0.2, -0.15) is 4.98 Å². The van der Waals surface area contributed by atoms with Crippen LogP contribution in [0.1, 0.15) is 0 Å². The number of rotatable bonds is 0. The van der Waals surface area contributed by atoms with E-state index in [0.717, 1.165) is 0 Å². The second-order valence-electron chi connectivity index (χ2n) is 1.34. The first kappa shape index (κ1) is 13.3. The standard InChI is InChI=1S/C4H6N4.2Na/c5-3-1-2-7-4(6)8-3;;/h1-2H,(H4,5,6,7,8);;. The van der Waals surface area contributed by atoms with E-state index in [4.69, 9.17) is 11.5 Å². The average molecular weight is 156 g/mol. The first-order valence-corrected chi connectivity index (χ1v) is 2.13. The van der Waals surface area contributed by atoms with Crippen molar-refractivity contribution in [2.75, 3.05) is 11.5 Å². The number of nitrogens with zero attached hydrogens (tertiary/aromatic N) is 2. The summed E-state index contributed by atoms with van der Waals surface area (Å²) < 4.78 is 0. The summed E-state index contributed by atoms with van der Waals surface area (Å²) in [7, 11) is 0. The van der Waals surface area contributed by atoms with Gasteiger partial charge in [0.2, 0.25) is 5.95 Å². The largest absolute Gasteiger partial charge is 0.384 e. The summed E-state index contributed by atoms with van der Waals surface area (Å²) in [5.41, 5.74) is 10.4. The van der Waals surface area contributed by atoms with Gasteiger partial charge in [-0.1, -0.05) is 0 Å². The Morgan fingerprint density at radius 1 is 1.20 bits per heavy atom. The van der Waals surface area contributed by atoms with E-state index in [-0.39, 0.29) is 65.1 Å². The number of nitrogens with two attached hydrogens (primary N) is 2. The van der Waals surface area contributed by atoms with Crippen molar-refractivity contribution in [1.29, 1.82) is 0 Å². The Balaban J connectivity index is 0. The number of aromatic nitrogens is 2. The molecular formula is C4H6N4Na2. The van der Waals surface area contributed by atoms with Gasteiger partial charge in [0.25, 0.3) is 0 Å². The molecule has 2 radical (unpaired) electrons. The van der Waals surface area contributed by atoms with Crippen LogP contribution in [0.4, 0.5) is 11.8 Å². The molecular weight excluding hydrogens is 150 g/mol. The van der Waals surface area contributed by atoms with Crippen molar-refractivity contribution in [3.63, 3.8) is 0 Å². The molecule has 0 saturated heterocycles. The zero-order chi connectivity index (χ0) is 5.98. The molecule has 4 nitrogen and oxygen atoms in total. The van der Waals surface area contributed by atoms with Crippen LogP contribution in [0, 0.1) is 0 Å².